The first kappa shape index (κ1) is 18.8. The van der Waals surface area contributed by atoms with Crippen molar-refractivity contribution in [2.75, 3.05) is 10.6 Å². The Morgan fingerprint density at radius 3 is 2.81 bits per heavy atom. The Hall–Kier alpha value is -2.97. The van der Waals surface area contributed by atoms with E-state index >= 15 is 0 Å². The van der Waals surface area contributed by atoms with Crippen molar-refractivity contribution in [1.29, 1.82) is 0 Å². The van der Waals surface area contributed by atoms with E-state index in [4.69, 9.17) is 17.3 Å². The molecule has 0 radical (unpaired) electrons. The van der Waals surface area contributed by atoms with Gasteiger partial charge >= 0.3 is 0 Å². The molecule has 0 aliphatic rings. The van der Waals surface area contributed by atoms with E-state index in [-0.39, 0.29) is 17.3 Å². The highest BCUT2D eigenvalue weighted by molar-refractivity contribution is 7.14. The molecule has 2 N–H and O–H groups in total. The molecule has 0 bridgehead atoms. The minimum absolute atomic E-state index is 0.200. The summed E-state index contributed by atoms with van der Waals surface area (Å²) in [6.07, 6.45) is 1.42. The fourth-order valence-corrected chi connectivity index (χ4v) is 3.46. The van der Waals surface area contributed by atoms with E-state index in [2.05, 4.69) is 10.1 Å². The summed E-state index contributed by atoms with van der Waals surface area (Å²) in [7, 11) is 0. The summed E-state index contributed by atoms with van der Waals surface area (Å²) < 4.78 is 1.09. The van der Waals surface area contributed by atoms with Crippen LogP contribution in [0.3, 0.4) is 0 Å². The van der Waals surface area contributed by atoms with Gasteiger partial charge in [0.25, 0.3) is 5.56 Å². The third kappa shape index (κ3) is 4.24. The van der Waals surface area contributed by atoms with E-state index in [1.54, 1.807) is 42.6 Å². The van der Waals surface area contributed by atoms with E-state index in [1.807, 2.05) is 0 Å². The van der Waals surface area contributed by atoms with Crippen LogP contribution in [0, 0.1) is 6.92 Å². The van der Waals surface area contributed by atoms with Gasteiger partial charge in [-0.15, -0.1) is 11.3 Å². The molecule has 2 aromatic heterocycles. The van der Waals surface area contributed by atoms with Crippen molar-refractivity contribution in [2.45, 2.75) is 13.8 Å². The van der Waals surface area contributed by atoms with Gasteiger partial charge < -0.3 is 5.73 Å². The van der Waals surface area contributed by atoms with Gasteiger partial charge in [0.1, 0.15) is 5.82 Å². The zero-order valence-electron chi connectivity index (χ0n) is 14.6. The minimum Gasteiger partial charge on any atom is -0.384 e. The molecular weight excluding hydrogens is 386 g/mol. The van der Waals surface area contributed by atoms with Crippen LogP contribution in [0.5, 0.6) is 0 Å². The van der Waals surface area contributed by atoms with Crippen LogP contribution in [-0.2, 0) is 4.79 Å². The number of rotatable bonds is 4. The normalized spacial score (nSPS) is 11.1. The summed E-state index contributed by atoms with van der Waals surface area (Å²) in [6.45, 7) is 3.23. The second kappa shape index (κ2) is 7.73. The van der Waals surface area contributed by atoms with Crippen molar-refractivity contribution in [3.8, 4) is 0 Å². The fourth-order valence-electron chi connectivity index (χ4n) is 2.44. The SMILES string of the molecule is CC(=O)N(c1cccc(Cl)c1)c1nc(/C=N\n2c(N)cc(C)cc2=O)cs1. The number of pyridine rings is 1. The number of aromatic nitrogens is 2. The third-order valence-corrected chi connectivity index (χ3v) is 4.65. The lowest BCUT2D eigenvalue weighted by Crippen LogP contribution is -2.22. The second-order valence-corrected chi connectivity index (χ2v) is 7.01. The summed E-state index contributed by atoms with van der Waals surface area (Å²) >= 11 is 7.30. The molecule has 3 aromatic rings. The number of benzene rings is 1. The van der Waals surface area contributed by atoms with Crippen LogP contribution < -0.4 is 16.2 Å². The summed E-state index contributed by atoms with van der Waals surface area (Å²) in [4.78, 5) is 30.0. The van der Waals surface area contributed by atoms with Crippen LogP contribution in [0.15, 0.2) is 51.7 Å². The number of halogens is 1. The van der Waals surface area contributed by atoms with Crippen LogP contribution in [0.2, 0.25) is 5.02 Å². The predicted octanol–water partition coefficient (Wildman–Crippen LogP) is 3.42. The van der Waals surface area contributed by atoms with Gasteiger partial charge in [0.05, 0.1) is 17.6 Å². The number of nitrogen functional groups attached to an aromatic ring is 1. The van der Waals surface area contributed by atoms with E-state index in [1.165, 1.54) is 35.4 Å². The smallest absolute Gasteiger partial charge is 0.273 e. The topological polar surface area (TPSA) is 93.6 Å². The average molecular weight is 402 g/mol. The molecule has 27 heavy (non-hydrogen) atoms. The molecule has 0 atom stereocenters. The Morgan fingerprint density at radius 1 is 1.37 bits per heavy atom. The van der Waals surface area contributed by atoms with Crippen molar-refractivity contribution in [3.05, 3.63) is 68.4 Å². The zero-order chi connectivity index (χ0) is 19.6. The molecule has 0 aliphatic heterocycles. The Balaban J connectivity index is 1.92. The molecule has 0 saturated carbocycles. The number of hydrogen-bond acceptors (Lipinski definition) is 6. The van der Waals surface area contributed by atoms with E-state index in [0.717, 1.165) is 10.2 Å². The van der Waals surface area contributed by atoms with Crippen molar-refractivity contribution in [3.63, 3.8) is 0 Å². The molecule has 0 fully saturated rings. The number of aryl methyl sites for hydroxylation is 1. The van der Waals surface area contributed by atoms with E-state index in [9.17, 15) is 9.59 Å². The molecule has 138 valence electrons. The zero-order valence-corrected chi connectivity index (χ0v) is 16.2. The van der Waals surface area contributed by atoms with Crippen LogP contribution in [0.4, 0.5) is 16.6 Å². The Morgan fingerprint density at radius 2 is 2.15 bits per heavy atom. The largest absolute Gasteiger partial charge is 0.384 e. The van der Waals surface area contributed by atoms with Crippen molar-refractivity contribution in [2.24, 2.45) is 5.10 Å². The molecule has 0 unspecified atom stereocenters. The highest BCUT2D eigenvalue weighted by Gasteiger charge is 2.18. The number of thiazole rings is 1. The number of nitrogens with two attached hydrogens (primary N) is 1. The van der Waals surface area contributed by atoms with Crippen molar-refractivity contribution < 1.29 is 4.79 Å². The lowest BCUT2D eigenvalue weighted by molar-refractivity contribution is -0.115. The molecule has 3 rings (SSSR count). The summed E-state index contributed by atoms with van der Waals surface area (Å²) in [5, 5.41) is 6.81. The maximum absolute atomic E-state index is 12.1. The average Bonchev–Trinajstić information content (AvgIpc) is 3.02. The van der Waals surface area contributed by atoms with Gasteiger partial charge in [-0.05, 0) is 36.8 Å². The van der Waals surface area contributed by atoms with Gasteiger partial charge in [-0.3, -0.25) is 14.5 Å². The number of carbonyl (C=O) groups is 1. The molecule has 9 heteroatoms. The van der Waals surface area contributed by atoms with Crippen LogP contribution in [0.1, 0.15) is 18.2 Å². The molecule has 0 saturated heterocycles. The molecule has 0 aliphatic carbocycles. The summed E-state index contributed by atoms with van der Waals surface area (Å²) in [6, 6.07) is 10.0. The third-order valence-electron chi connectivity index (χ3n) is 3.57. The monoisotopic (exact) mass is 401 g/mol. The van der Waals surface area contributed by atoms with Crippen LogP contribution in [0.25, 0.3) is 0 Å². The fraction of sp³-hybridized carbons (Fsp3) is 0.111. The Bertz CT molecular complexity index is 1090. The van der Waals surface area contributed by atoms with Crippen molar-refractivity contribution >= 4 is 51.7 Å². The number of anilines is 3. The van der Waals surface area contributed by atoms with Gasteiger partial charge in [0, 0.05) is 23.4 Å². The molecule has 2 heterocycles. The molecule has 7 nitrogen and oxygen atoms in total. The Labute approximate surface area is 164 Å². The lowest BCUT2D eigenvalue weighted by atomic mass is 10.3. The number of nitrogens with zero attached hydrogens (tertiary/aromatic N) is 4. The first-order valence-electron chi connectivity index (χ1n) is 7.90. The first-order chi connectivity index (χ1) is 12.8. The standard InChI is InChI=1S/C18H16ClN5O2S/c1-11-6-16(20)24(17(26)7-11)21-9-14-10-27-18(22-14)23(12(2)25)15-5-3-4-13(19)8-15/h3-10H,20H2,1-2H3/b21-9-. The second-order valence-electron chi connectivity index (χ2n) is 5.74. The van der Waals surface area contributed by atoms with Gasteiger partial charge in [0.2, 0.25) is 5.91 Å². The highest BCUT2D eigenvalue weighted by Crippen LogP contribution is 2.30. The maximum Gasteiger partial charge on any atom is 0.273 e. The molecular formula is C18H16ClN5O2S. The highest BCUT2D eigenvalue weighted by atomic mass is 35.5. The first-order valence-corrected chi connectivity index (χ1v) is 9.16. The minimum atomic E-state index is -0.330. The Kier molecular flexibility index (Phi) is 5.38. The van der Waals surface area contributed by atoms with Crippen molar-refractivity contribution in [1.82, 2.24) is 9.66 Å². The lowest BCUT2D eigenvalue weighted by Gasteiger charge is -2.18. The van der Waals surface area contributed by atoms with E-state index < -0.39 is 0 Å². The number of amides is 1. The molecule has 1 aromatic carbocycles. The van der Waals surface area contributed by atoms with Crippen LogP contribution >= 0.6 is 22.9 Å². The van der Waals surface area contributed by atoms with Crippen LogP contribution in [-0.4, -0.2) is 21.8 Å². The van der Waals surface area contributed by atoms with Gasteiger partial charge in [-0.25, -0.2) is 4.98 Å². The van der Waals surface area contributed by atoms with Gasteiger partial charge in [-0.2, -0.15) is 9.78 Å². The number of carbonyl (C=O) groups excluding carboxylic acids is 1. The summed E-state index contributed by atoms with van der Waals surface area (Å²) in [5.74, 6) is 0.0325. The van der Waals surface area contributed by atoms with Gasteiger partial charge in [-0.1, -0.05) is 17.7 Å². The number of hydrogen-bond donors (Lipinski definition) is 1. The maximum atomic E-state index is 12.1. The quantitative estimate of drug-likeness (QED) is 0.678. The molecule has 0 spiro atoms. The van der Waals surface area contributed by atoms with E-state index in [0.29, 0.717) is 21.5 Å². The van der Waals surface area contributed by atoms with Gasteiger partial charge in [0.15, 0.2) is 5.13 Å². The predicted molar refractivity (Wildman–Crippen MR) is 109 cm³/mol. The molecule has 1 amide bonds. The summed E-state index contributed by atoms with van der Waals surface area (Å²) in [5.41, 5.74) is 7.38.